The zero-order valence-corrected chi connectivity index (χ0v) is 17.8. The number of hydrogen-bond donors (Lipinski definition) is 2. The van der Waals surface area contributed by atoms with E-state index in [1.807, 2.05) is 19.1 Å². The molecule has 2 N–H and O–H groups in total. The molecule has 1 aliphatic heterocycles. The molecule has 0 saturated heterocycles. The summed E-state index contributed by atoms with van der Waals surface area (Å²) in [7, 11) is 0. The minimum atomic E-state index is -0.527. The molecule has 0 unspecified atom stereocenters. The van der Waals surface area contributed by atoms with E-state index in [-0.39, 0.29) is 18.4 Å². The predicted octanol–water partition coefficient (Wildman–Crippen LogP) is 4.51. The van der Waals surface area contributed by atoms with Crippen LogP contribution in [-0.2, 0) is 9.59 Å². The first-order chi connectivity index (χ1) is 14.4. The van der Waals surface area contributed by atoms with Gasteiger partial charge in [-0.3, -0.25) is 14.9 Å². The Bertz CT molecular complexity index is 1110. The minimum Gasteiger partial charge on any atom is -0.484 e. The van der Waals surface area contributed by atoms with Gasteiger partial charge in [-0.05, 0) is 56.3 Å². The van der Waals surface area contributed by atoms with Crippen molar-refractivity contribution < 1.29 is 19.1 Å². The van der Waals surface area contributed by atoms with E-state index >= 15 is 0 Å². The topological polar surface area (TPSA) is 89.5 Å². The number of fused-ring (bicyclic) bond motifs is 1. The summed E-state index contributed by atoms with van der Waals surface area (Å²) in [5, 5.41) is 6.65. The Balaban J connectivity index is 1.44. The number of amides is 2. The maximum atomic E-state index is 12.2. The van der Waals surface area contributed by atoms with Crippen LogP contribution in [0.1, 0.15) is 11.8 Å². The number of aromatic nitrogens is 1. The fourth-order valence-corrected chi connectivity index (χ4v) is 3.89. The fourth-order valence-electron chi connectivity index (χ4n) is 2.91. The third kappa shape index (κ3) is 4.39. The number of anilines is 2. The van der Waals surface area contributed by atoms with Crippen LogP contribution in [0, 0.1) is 6.92 Å². The van der Waals surface area contributed by atoms with Gasteiger partial charge in [0.25, 0.3) is 11.8 Å². The lowest BCUT2D eigenvalue weighted by Gasteiger charge is -2.23. The molecule has 0 saturated carbocycles. The SMILES string of the molecule is Cc1sc(NC(=O)COc2ccc(Cl)cc2)nc1-c1ccc2c(c1)NC(=O)[C@@H](C)O2. The van der Waals surface area contributed by atoms with Crippen LogP contribution in [0.3, 0.4) is 0 Å². The monoisotopic (exact) mass is 443 g/mol. The summed E-state index contributed by atoms with van der Waals surface area (Å²) < 4.78 is 11.0. The zero-order chi connectivity index (χ0) is 21.3. The van der Waals surface area contributed by atoms with E-state index in [0.29, 0.717) is 27.3 Å². The molecular formula is C21H18ClN3O4S. The number of rotatable bonds is 5. The van der Waals surface area contributed by atoms with Crippen molar-refractivity contribution >= 4 is 45.6 Å². The van der Waals surface area contributed by atoms with Crippen molar-refractivity contribution in [3.05, 3.63) is 52.4 Å². The van der Waals surface area contributed by atoms with Gasteiger partial charge in [-0.2, -0.15) is 0 Å². The van der Waals surface area contributed by atoms with E-state index < -0.39 is 6.10 Å². The first kappa shape index (κ1) is 20.2. The van der Waals surface area contributed by atoms with Crippen molar-refractivity contribution in [2.24, 2.45) is 0 Å². The molecule has 4 rings (SSSR count). The maximum absolute atomic E-state index is 12.2. The number of carbonyl (C=O) groups is 2. The van der Waals surface area contributed by atoms with Crippen LogP contribution in [0.2, 0.25) is 5.02 Å². The molecule has 0 aliphatic carbocycles. The minimum absolute atomic E-state index is 0.143. The molecule has 1 aromatic heterocycles. The Kier molecular flexibility index (Phi) is 5.61. The molecular weight excluding hydrogens is 426 g/mol. The molecule has 1 aliphatic rings. The highest BCUT2D eigenvalue weighted by Gasteiger charge is 2.24. The van der Waals surface area contributed by atoms with Gasteiger partial charge in [-0.15, -0.1) is 11.3 Å². The summed E-state index contributed by atoms with van der Waals surface area (Å²) in [5.74, 6) is 0.665. The van der Waals surface area contributed by atoms with Crippen LogP contribution >= 0.6 is 22.9 Å². The lowest BCUT2D eigenvalue weighted by atomic mass is 10.1. The van der Waals surface area contributed by atoms with Crippen molar-refractivity contribution in [2.75, 3.05) is 17.2 Å². The Morgan fingerprint density at radius 2 is 2.07 bits per heavy atom. The second-order valence-corrected chi connectivity index (χ2v) is 8.31. The first-order valence-electron chi connectivity index (χ1n) is 9.16. The van der Waals surface area contributed by atoms with E-state index in [1.54, 1.807) is 37.3 Å². The average Bonchev–Trinajstić information content (AvgIpc) is 3.08. The van der Waals surface area contributed by atoms with E-state index in [9.17, 15) is 9.59 Å². The summed E-state index contributed by atoms with van der Waals surface area (Å²) >= 11 is 7.20. The van der Waals surface area contributed by atoms with Crippen LogP contribution in [0.25, 0.3) is 11.3 Å². The largest absolute Gasteiger partial charge is 0.484 e. The van der Waals surface area contributed by atoms with E-state index in [4.69, 9.17) is 21.1 Å². The van der Waals surface area contributed by atoms with Gasteiger partial charge >= 0.3 is 0 Å². The number of thiazole rings is 1. The molecule has 0 bridgehead atoms. The molecule has 154 valence electrons. The summed E-state index contributed by atoms with van der Waals surface area (Å²) in [6.45, 7) is 3.47. The van der Waals surface area contributed by atoms with Crippen LogP contribution in [0.15, 0.2) is 42.5 Å². The molecule has 2 heterocycles. The lowest BCUT2D eigenvalue weighted by Crippen LogP contribution is -2.34. The predicted molar refractivity (Wildman–Crippen MR) is 117 cm³/mol. The molecule has 7 nitrogen and oxygen atoms in total. The molecule has 30 heavy (non-hydrogen) atoms. The standard InChI is InChI=1S/C21H18ClN3O4S/c1-11-20(27)23-16-9-13(3-8-17(16)29-11)19-12(2)30-21(25-19)24-18(26)10-28-15-6-4-14(22)5-7-15/h3-9,11H,10H2,1-2H3,(H,23,27)(H,24,25,26)/t11-/m1/s1. The normalized spacial score (nSPS) is 15.0. The van der Waals surface area contributed by atoms with E-state index in [0.717, 1.165) is 16.1 Å². The molecule has 0 fully saturated rings. The number of nitrogens with one attached hydrogen (secondary N) is 2. The number of nitrogens with zero attached hydrogens (tertiary/aromatic N) is 1. The van der Waals surface area contributed by atoms with Gasteiger partial charge in [0.15, 0.2) is 17.8 Å². The van der Waals surface area contributed by atoms with Crippen molar-refractivity contribution in [2.45, 2.75) is 20.0 Å². The van der Waals surface area contributed by atoms with E-state index in [2.05, 4.69) is 15.6 Å². The van der Waals surface area contributed by atoms with Crippen LogP contribution in [0.4, 0.5) is 10.8 Å². The van der Waals surface area contributed by atoms with Gasteiger partial charge in [0.2, 0.25) is 0 Å². The highest BCUT2D eigenvalue weighted by Crippen LogP contribution is 2.36. The summed E-state index contributed by atoms with van der Waals surface area (Å²) in [5.41, 5.74) is 2.15. The number of carbonyl (C=O) groups excluding carboxylic acids is 2. The second-order valence-electron chi connectivity index (χ2n) is 6.67. The van der Waals surface area contributed by atoms with Gasteiger partial charge < -0.3 is 14.8 Å². The third-order valence-corrected chi connectivity index (χ3v) is 5.55. The molecule has 9 heteroatoms. The highest BCUT2D eigenvalue weighted by atomic mass is 35.5. The van der Waals surface area contributed by atoms with Crippen LogP contribution in [0.5, 0.6) is 11.5 Å². The number of halogens is 1. The van der Waals surface area contributed by atoms with Crippen LogP contribution < -0.4 is 20.1 Å². The Morgan fingerprint density at radius 1 is 1.30 bits per heavy atom. The third-order valence-electron chi connectivity index (χ3n) is 4.41. The van der Waals surface area contributed by atoms with Crippen LogP contribution in [-0.4, -0.2) is 29.5 Å². The number of aryl methyl sites for hydroxylation is 1. The molecule has 1 atom stereocenters. The van der Waals surface area contributed by atoms with Gasteiger partial charge in [0, 0.05) is 15.5 Å². The average molecular weight is 444 g/mol. The first-order valence-corrected chi connectivity index (χ1v) is 10.4. The summed E-state index contributed by atoms with van der Waals surface area (Å²) in [4.78, 5) is 29.5. The van der Waals surface area contributed by atoms with Gasteiger partial charge in [-0.1, -0.05) is 11.6 Å². The van der Waals surface area contributed by atoms with Gasteiger partial charge in [0.1, 0.15) is 11.5 Å². The Morgan fingerprint density at radius 3 is 2.83 bits per heavy atom. The van der Waals surface area contributed by atoms with Gasteiger partial charge in [0.05, 0.1) is 11.4 Å². The van der Waals surface area contributed by atoms with Gasteiger partial charge in [-0.25, -0.2) is 4.98 Å². The quantitative estimate of drug-likeness (QED) is 0.605. The highest BCUT2D eigenvalue weighted by molar-refractivity contribution is 7.16. The molecule has 2 aromatic carbocycles. The fraction of sp³-hybridized carbons (Fsp3) is 0.190. The lowest BCUT2D eigenvalue weighted by molar-refractivity contribution is -0.122. The molecule has 3 aromatic rings. The summed E-state index contributed by atoms with van der Waals surface area (Å²) in [6, 6.07) is 12.3. The smallest absolute Gasteiger partial charge is 0.265 e. The molecule has 0 radical (unpaired) electrons. The Hall–Kier alpha value is -3.10. The van der Waals surface area contributed by atoms with Crippen molar-refractivity contribution in [1.29, 1.82) is 0 Å². The summed E-state index contributed by atoms with van der Waals surface area (Å²) in [6.07, 6.45) is -0.527. The van der Waals surface area contributed by atoms with Crippen molar-refractivity contribution in [3.8, 4) is 22.8 Å². The number of hydrogen-bond acceptors (Lipinski definition) is 6. The Labute approximate surface area is 182 Å². The number of ether oxygens (including phenoxy) is 2. The molecule has 2 amide bonds. The molecule has 0 spiro atoms. The van der Waals surface area contributed by atoms with Crippen molar-refractivity contribution in [1.82, 2.24) is 4.98 Å². The maximum Gasteiger partial charge on any atom is 0.265 e. The van der Waals surface area contributed by atoms with E-state index in [1.165, 1.54) is 11.3 Å². The zero-order valence-electron chi connectivity index (χ0n) is 16.2. The number of benzene rings is 2. The second kappa shape index (κ2) is 8.33. The van der Waals surface area contributed by atoms with Crippen molar-refractivity contribution in [3.63, 3.8) is 0 Å².